The molecule has 1 aromatic heterocycles. The van der Waals surface area contributed by atoms with Gasteiger partial charge in [-0.2, -0.15) is 0 Å². The maximum absolute atomic E-state index is 6.79. The normalized spacial score (nSPS) is 14.4. The van der Waals surface area contributed by atoms with Crippen molar-refractivity contribution in [2.24, 2.45) is 0 Å². The summed E-state index contributed by atoms with van der Waals surface area (Å²) in [7, 11) is 0. The molecule has 0 spiro atoms. The largest absolute Gasteiger partial charge is 0.455 e. The lowest BCUT2D eigenvalue weighted by Crippen LogP contribution is -2.16. The molecule has 8 aromatic carbocycles. The van der Waals surface area contributed by atoms with Crippen molar-refractivity contribution in [3.63, 3.8) is 0 Å². The standard InChI is InChI=1S/C54H41NO/c1-53(2)47-19-10-8-15-41(47)43-30-29-39(31-49(43)53)55(37-25-21-35(22-26-37)34-13-6-5-7-14-34)38-27-23-36(24-28-38)40-17-12-18-44-46-32-50-45(33-51(46)56-52(40)44)42-16-9-11-20-48(42)54(50,3)4/h5-33H,1-4H3. The van der Waals surface area contributed by atoms with Crippen molar-refractivity contribution in [1.29, 1.82) is 0 Å². The molecule has 0 aliphatic heterocycles. The van der Waals surface area contributed by atoms with Gasteiger partial charge in [0.05, 0.1) is 0 Å². The zero-order valence-electron chi connectivity index (χ0n) is 32.1. The van der Waals surface area contributed by atoms with E-state index in [0.717, 1.165) is 44.7 Å². The summed E-state index contributed by atoms with van der Waals surface area (Å²) in [5.74, 6) is 0. The minimum absolute atomic E-state index is 0.0660. The third-order valence-electron chi connectivity index (χ3n) is 12.7. The van der Waals surface area contributed by atoms with Crippen LogP contribution in [0.1, 0.15) is 49.9 Å². The van der Waals surface area contributed by atoms with Crippen LogP contribution in [0.5, 0.6) is 0 Å². The Hall–Kier alpha value is -6.64. The van der Waals surface area contributed by atoms with Crippen molar-refractivity contribution in [3.05, 3.63) is 198 Å². The van der Waals surface area contributed by atoms with Crippen LogP contribution in [0.25, 0.3) is 66.4 Å². The molecule has 9 aromatic rings. The highest BCUT2D eigenvalue weighted by Crippen LogP contribution is 2.52. The van der Waals surface area contributed by atoms with Crippen LogP contribution in [0.2, 0.25) is 0 Å². The van der Waals surface area contributed by atoms with Gasteiger partial charge in [0.25, 0.3) is 0 Å². The Balaban J connectivity index is 1.02. The van der Waals surface area contributed by atoms with Gasteiger partial charge in [-0.25, -0.2) is 0 Å². The number of para-hydroxylation sites is 1. The van der Waals surface area contributed by atoms with Gasteiger partial charge < -0.3 is 9.32 Å². The summed E-state index contributed by atoms with van der Waals surface area (Å²) in [5, 5.41) is 2.32. The van der Waals surface area contributed by atoms with Crippen LogP contribution in [-0.2, 0) is 10.8 Å². The molecule has 56 heavy (non-hydrogen) atoms. The minimum Gasteiger partial charge on any atom is -0.455 e. The highest BCUT2D eigenvalue weighted by molar-refractivity contribution is 6.11. The second-order valence-electron chi connectivity index (χ2n) is 16.5. The highest BCUT2D eigenvalue weighted by atomic mass is 16.3. The topological polar surface area (TPSA) is 16.4 Å². The zero-order chi connectivity index (χ0) is 37.8. The van der Waals surface area contributed by atoms with Crippen LogP contribution in [0.15, 0.2) is 180 Å². The quantitative estimate of drug-likeness (QED) is 0.176. The summed E-state index contributed by atoms with van der Waals surface area (Å²) >= 11 is 0. The van der Waals surface area contributed by atoms with E-state index in [9.17, 15) is 0 Å². The van der Waals surface area contributed by atoms with Crippen LogP contribution in [0.3, 0.4) is 0 Å². The third kappa shape index (κ3) is 4.75. The van der Waals surface area contributed by atoms with E-state index in [2.05, 4.69) is 209 Å². The van der Waals surface area contributed by atoms with Gasteiger partial charge in [0, 0.05) is 44.2 Å². The Bertz CT molecular complexity index is 3000. The summed E-state index contributed by atoms with van der Waals surface area (Å²) in [6.45, 7) is 9.37. The number of fused-ring (bicyclic) bond motifs is 9. The Morgan fingerprint density at radius 3 is 1.55 bits per heavy atom. The molecule has 0 atom stereocenters. The van der Waals surface area contributed by atoms with Gasteiger partial charge >= 0.3 is 0 Å². The van der Waals surface area contributed by atoms with Gasteiger partial charge in [-0.1, -0.05) is 155 Å². The molecule has 0 amide bonds. The fourth-order valence-corrected chi connectivity index (χ4v) is 9.72. The zero-order valence-corrected chi connectivity index (χ0v) is 32.1. The first-order chi connectivity index (χ1) is 27.3. The molecule has 1 heterocycles. The molecular formula is C54H41NO. The molecule has 0 bridgehead atoms. The molecule has 0 saturated carbocycles. The van der Waals surface area contributed by atoms with Crippen molar-refractivity contribution < 1.29 is 4.42 Å². The van der Waals surface area contributed by atoms with Crippen LogP contribution >= 0.6 is 0 Å². The van der Waals surface area contributed by atoms with Gasteiger partial charge in [0.1, 0.15) is 11.2 Å². The average molecular weight is 720 g/mol. The smallest absolute Gasteiger partial charge is 0.143 e. The average Bonchev–Trinajstić information content (AvgIpc) is 3.80. The van der Waals surface area contributed by atoms with E-state index in [1.165, 1.54) is 61.0 Å². The van der Waals surface area contributed by atoms with Gasteiger partial charge in [-0.15, -0.1) is 0 Å². The van der Waals surface area contributed by atoms with E-state index in [1.54, 1.807) is 0 Å². The van der Waals surface area contributed by atoms with Crippen molar-refractivity contribution in [2.75, 3.05) is 4.90 Å². The van der Waals surface area contributed by atoms with Gasteiger partial charge in [-0.3, -0.25) is 0 Å². The molecular weight excluding hydrogens is 679 g/mol. The van der Waals surface area contributed by atoms with Gasteiger partial charge in [0.2, 0.25) is 0 Å². The number of hydrogen-bond acceptors (Lipinski definition) is 2. The number of rotatable bonds is 5. The molecule has 2 aliphatic rings. The molecule has 0 N–H and O–H groups in total. The number of benzene rings is 8. The Kier molecular flexibility index (Phi) is 6.98. The molecule has 2 nitrogen and oxygen atoms in total. The molecule has 0 fully saturated rings. The van der Waals surface area contributed by atoms with E-state index in [-0.39, 0.29) is 10.8 Å². The van der Waals surface area contributed by atoms with Crippen molar-refractivity contribution in [3.8, 4) is 44.5 Å². The summed E-state index contributed by atoms with van der Waals surface area (Å²) < 4.78 is 6.79. The summed E-state index contributed by atoms with van der Waals surface area (Å²) in [4.78, 5) is 2.39. The third-order valence-corrected chi connectivity index (χ3v) is 12.7. The Morgan fingerprint density at radius 2 is 0.875 bits per heavy atom. The van der Waals surface area contributed by atoms with Gasteiger partial charge in [0.15, 0.2) is 0 Å². The van der Waals surface area contributed by atoms with Crippen LogP contribution in [0, 0.1) is 0 Å². The molecule has 2 aliphatic carbocycles. The van der Waals surface area contributed by atoms with E-state index in [4.69, 9.17) is 4.42 Å². The summed E-state index contributed by atoms with van der Waals surface area (Å²) in [5.41, 5.74) is 20.4. The van der Waals surface area contributed by atoms with Gasteiger partial charge in [-0.05, 0) is 110 Å². The van der Waals surface area contributed by atoms with E-state index < -0.39 is 0 Å². The molecule has 2 heteroatoms. The molecule has 0 unspecified atom stereocenters. The molecule has 0 radical (unpaired) electrons. The summed E-state index contributed by atoms with van der Waals surface area (Å²) in [6, 6.07) is 64.4. The highest BCUT2D eigenvalue weighted by Gasteiger charge is 2.37. The number of nitrogens with zero attached hydrogens (tertiary/aromatic N) is 1. The molecule has 268 valence electrons. The SMILES string of the molecule is CC1(C)c2ccccc2-c2ccc(N(c3ccc(-c4ccccc4)cc3)c3ccc(-c4cccc5c4oc4cc6c(cc45)C(C)(C)c4ccccc4-6)cc3)cc21. The van der Waals surface area contributed by atoms with Crippen LogP contribution in [-0.4, -0.2) is 0 Å². The first-order valence-corrected chi connectivity index (χ1v) is 19.7. The maximum Gasteiger partial charge on any atom is 0.143 e. The van der Waals surface area contributed by atoms with Crippen molar-refractivity contribution in [2.45, 2.75) is 38.5 Å². The first-order valence-electron chi connectivity index (χ1n) is 19.7. The lowest BCUT2D eigenvalue weighted by molar-refractivity contribution is 0.658. The lowest BCUT2D eigenvalue weighted by atomic mass is 9.82. The van der Waals surface area contributed by atoms with Crippen LogP contribution < -0.4 is 4.90 Å². The predicted molar refractivity (Wildman–Crippen MR) is 234 cm³/mol. The van der Waals surface area contributed by atoms with Crippen molar-refractivity contribution in [1.82, 2.24) is 0 Å². The maximum atomic E-state index is 6.79. The monoisotopic (exact) mass is 719 g/mol. The van der Waals surface area contributed by atoms with Crippen LogP contribution in [0.4, 0.5) is 17.1 Å². The van der Waals surface area contributed by atoms with Crippen molar-refractivity contribution >= 4 is 39.0 Å². The van der Waals surface area contributed by atoms with E-state index >= 15 is 0 Å². The number of anilines is 3. The van der Waals surface area contributed by atoms with E-state index in [0.29, 0.717) is 0 Å². The fraction of sp³-hybridized carbons (Fsp3) is 0.111. The fourth-order valence-electron chi connectivity index (χ4n) is 9.72. The second kappa shape index (κ2) is 11.9. The molecule has 11 rings (SSSR count). The Morgan fingerprint density at radius 1 is 0.357 bits per heavy atom. The molecule has 0 saturated heterocycles. The minimum atomic E-state index is -0.0980. The number of hydrogen-bond donors (Lipinski definition) is 0. The lowest BCUT2D eigenvalue weighted by Gasteiger charge is -2.28. The summed E-state index contributed by atoms with van der Waals surface area (Å²) in [6.07, 6.45) is 0. The van der Waals surface area contributed by atoms with E-state index in [1.807, 2.05) is 0 Å². The predicted octanol–water partition coefficient (Wildman–Crippen LogP) is 15.0. The first kappa shape index (κ1) is 32.8. The second-order valence-corrected chi connectivity index (χ2v) is 16.5. The Labute approximate surface area is 328 Å². The number of furan rings is 1.